The third-order valence-corrected chi connectivity index (χ3v) is 4.62. The smallest absolute Gasteiger partial charge is 0.0514 e. The summed E-state index contributed by atoms with van der Waals surface area (Å²) in [5.41, 5.74) is 9.76. The van der Waals surface area contributed by atoms with Crippen molar-refractivity contribution in [2.45, 2.75) is 27.7 Å². The van der Waals surface area contributed by atoms with Gasteiger partial charge in [-0.05, 0) is 44.4 Å². The fourth-order valence-corrected chi connectivity index (χ4v) is 3.43. The zero-order valence-corrected chi connectivity index (χ0v) is 16.6. The van der Waals surface area contributed by atoms with E-state index in [9.17, 15) is 0 Å². The van der Waals surface area contributed by atoms with Crippen LogP contribution in [0.1, 0.15) is 41.7 Å². The summed E-state index contributed by atoms with van der Waals surface area (Å²) in [5, 5.41) is 0. The molecule has 0 bridgehead atoms. The molecule has 134 valence electrons. The van der Waals surface area contributed by atoms with Crippen LogP contribution in [0.2, 0.25) is 0 Å². The normalized spacial score (nSPS) is 10.7. The van der Waals surface area contributed by atoms with Gasteiger partial charge in [-0.2, -0.15) is 0 Å². The highest BCUT2D eigenvalue weighted by Gasteiger charge is 2.18. The van der Waals surface area contributed by atoms with E-state index in [0.717, 1.165) is 5.56 Å². The van der Waals surface area contributed by atoms with E-state index in [-0.39, 0.29) is 0 Å². The molecule has 26 heavy (non-hydrogen) atoms. The first-order chi connectivity index (χ1) is 12.4. The Morgan fingerprint density at radius 3 is 2.23 bits per heavy atom. The Hall–Kier alpha value is -2.80. The Morgan fingerprint density at radius 1 is 0.962 bits per heavy atom. The van der Waals surface area contributed by atoms with Crippen molar-refractivity contribution in [2.75, 3.05) is 11.9 Å². The molecule has 1 nitrogen and oxygen atoms in total. The standard InChI is InChI=1S/C25H29N/c1-8-10-14-22-19(5)16-17-20(6)25(22)26(7)24(18(3)4)23-15-12-11-13-21(23)9-2/h8-17H,1-2H2,3-7H3/b14-10-. The maximum absolute atomic E-state index is 3.99. The van der Waals surface area contributed by atoms with Gasteiger partial charge in [0.15, 0.2) is 0 Å². The molecule has 0 aliphatic carbocycles. The van der Waals surface area contributed by atoms with Gasteiger partial charge < -0.3 is 4.90 Å². The molecular formula is C25H29N. The lowest BCUT2D eigenvalue weighted by atomic mass is 9.96. The zero-order valence-electron chi connectivity index (χ0n) is 16.6. The van der Waals surface area contributed by atoms with Crippen molar-refractivity contribution in [1.29, 1.82) is 0 Å². The summed E-state index contributed by atoms with van der Waals surface area (Å²) in [6, 6.07) is 12.8. The second kappa shape index (κ2) is 8.53. The minimum Gasteiger partial charge on any atom is -0.343 e. The first kappa shape index (κ1) is 19.5. The van der Waals surface area contributed by atoms with Gasteiger partial charge in [0.2, 0.25) is 0 Å². The van der Waals surface area contributed by atoms with Crippen molar-refractivity contribution in [2.24, 2.45) is 0 Å². The second-order valence-corrected chi connectivity index (χ2v) is 6.76. The van der Waals surface area contributed by atoms with Gasteiger partial charge in [-0.25, -0.2) is 0 Å². The predicted octanol–water partition coefficient (Wildman–Crippen LogP) is 7.03. The average Bonchev–Trinajstić information content (AvgIpc) is 2.62. The van der Waals surface area contributed by atoms with E-state index in [0.29, 0.717) is 0 Å². The number of hydrogen-bond acceptors (Lipinski definition) is 1. The van der Waals surface area contributed by atoms with Crippen LogP contribution in [0.5, 0.6) is 0 Å². The van der Waals surface area contributed by atoms with Crippen molar-refractivity contribution < 1.29 is 0 Å². The maximum atomic E-state index is 3.99. The number of rotatable bonds is 6. The van der Waals surface area contributed by atoms with Gasteiger partial charge in [0.1, 0.15) is 0 Å². The van der Waals surface area contributed by atoms with Crippen molar-refractivity contribution in [3.63, 3.8) is 0 Å². The van der Waals surface area contributed by atoms with Gasteiger partial charge in [-0.15, -0.1) is 0 Å². The molecule has 0 unspecified atom stereocenters. The van der Waals surface area contributed by atoms with Crippen molar-refractivity contribution in [1.82, 2.24) is 0 Å². The monoisotopic (exact) mass is 343 g/mol. The minimum atomic E-state index is 1.14. The Bertz CT molecular complexity index is 877. The summed E-state index contributed by atoms with van der Waals surface area (Å²) in [6.45, 7) is 16.4. The van der Waals surface area contributed by atoms with E-state index in [2.05, 4.69) is 95.3 Å². The summed E-state index contributed by atoms with van der Waals surface area (Å²) in [7, 11) is 2.15. The molecule has 0 aromatic heterocycles. The molecule has 0 aliphatic heterocycles. The molecule has 0 aliphatic rings. The van der Waals surface area contributed by atoms with Crippen LogP contribution < -0.4 is 4.90 Å². The van der Waals surface area contributed by atoms with Crippen molar-refractivity contribution in [3.8, 4) is 0 Å². The molecular weight excluding hydrogens is 314 g/mol. The van der Waals surface area contributed by atoms with Crippen LogP contribution in [0, 0.1) is 13.8 Å². The van der Waals surface area contributed by atoms with Crippen LogP contribution >= 0.6 is 0 Å². The van der Waals surface area contributed by atoms with Gasteiger partial charge in [0, 0.05) is 23.9 Å². The topological polar surface area (TPSA) is 3.24 Å². The highest BCUT2D eigenvalue weighted by molar-refractivity contribution is 5.89. The quantitative estimate of drug-likeness (QED) is 0.509. The van der Waals surface area contributed by atoms with Crippen LogP contribution in [-0.4, -0.2) is 7.05 Å². The molecule has 0 heterocycles. The van der Waals surface area contributed by atoms with E-state index >= 15 is 0 Å². The molecule has 2 aromatic rings. The fraction of sp³-hybridized carbons (Fsp3) is 0.200. The largest absolute Gasteiger partial charge is 0.343 e. The van der Waals surface area contributed by atoms with E-state index < -0.39 is 0 Å². The molecule has 0 N–H and O–H groups in total. The van der Waals surface area contributed by atoms with E-state index in [1.54, 1.807) is 0 Å². The molecule has 2 aromatic carbocycles. The van der Waals surface area contributed by atoms with Crippen LogP contribution in [-0.2, 0) is 0 Å². The maximum Gasteiger partial charge on any atom is 0.0514 e. The lowest BCUT2D eigenvalue weighted by Gasteiger charge is -2.29. The van der Waals surface area contributed by atoms with Gasteiger partial charge in [0.25, 0.3) is 0 Å². The summed E-state index contributed by atoms with van der Waals surface area (Å²) in [5.74, 6) is 0. The van der Waals surface area contributed by atoms with Crippen LogP contribution in [0.25, 0.3) is 17.8 Å². The van der Waals surface area contributed by atoms with E-state index in [1.807, 2.05) is 18.2 Å². The number of nitrogens with zero attached hydrogens (tertiary/aromatic N) is 1. The van der Waals surface area contributed by atoms with Crippen LogP contribution in [0.3, 0.4) is 0 Å². The first-order valence-electron chi connectivity index (χ1n) is 8.94. The van der Waals surface area contributed by atoms with Crippen molar-refractivity contribution in [3.05, 3.63) is 95.1 Å². The molecule has 2 rings (SSSR count). The molecule has 0 spiro atoms. The first-order valence-corrected chi connectivity index (χ1v) is 8.94. The number of anilines is 1. The fourth-order valence-electron chi connectivity index (χ4n) is 3.43. The van der Waals surface area contributed by atoms with E-state index in [4.69, 9.17) is 0 Å². The third kappa shape index (κ3) is 3.88. The molecule has 0 saturated carbocycles. The van der Waals surface area contributed by atoms with Gasteiger partial charge in [0.05, 0.1) is 5.69 Å². The van der Waals surface area contributed by atoms with Gasteiger partial charge >= 0.3 is 0 Å². The van der Waals surface area contributed by atoms with E-state index in [1.165, 1.54) is 39.2 Å². The molecule has 0 saturated heterocycles. The number of benzene rings is 2. The highest BCUT2D eigenvalue weighted by atomic mass is 15.1. The second-order valence-electron chi connectivity index (χ2n) is 6.76. The minimum absolute atomic E-state index is 1.14. The summed E-state index contributed by atoms with van der Waals surface area (Å²) >= 11 is 0. The lowest BCUT2D eigenvalue weighted by Crippen LogP contribution is -2.20. The van der Waals surface area contributed by atoms with Crippen LogP contribution in [0.15, 0.2) is 67.3 Å². The van der Waals surface area contributed by atoms with Crippen molar-refractivity contribution >= 4 is 23.5 Å². The molecule has 1 heteroatoms. The molecule has 0 fully saturated rings. The SMILES string of the molecule is C=C/C=C\c1c(C)ccc(C)c1N(C)C(=C(C)C)c1ccccc1C=C. The third-order valence-electron chi connectivity index (χ3n) is 4.62. The highest BCUT2D eigenvalue weighted by Crippen LogP contribution is 2.36. The van der Waals surface area contributed by atoms with Gasteiger partial charge in [-0.3, -0.25) is 0 Å². The number of aryl methyl sites for hydroxylation is 2. The molecule has 0 amide bonds. The Morgan fingerprint density at radius 2 is 1.62 bits per heavy atom. The summed E-state index contributed by atoms with van der Waals surface area (Å²) in [4.78, 5) is 2.31. The molecule has 0 radical (unpaired) electrons. The Balaban J connectivity index is 2.73. The van der Waals surface area contributed by atoms with Gasteiger partial charge in [-0.1, -0.05) is 79.4 Å². The Labute approximate surface area is 158 Å². The summed E-state index contributed by atoms with van der Waals surface area (Å²) in [6.07, 6.45) is 7.89. The number of allylic oxidation sites excluding steroid dienone is 3. The zero-order chi connectivity index (χ0) is 19.3. The lowest BCUT2D eigenvalue weighted by molar-refractivity contribution is 1.15. The molecule has 0 atom stereocenters. The number of hydrogen-bond donors (Lipinski definition) is 0. The summed E-state index contributed by atoms with van der Waals surface area (Å²) < 4.78 is 0. The van der Waals surface area contributed by atoms with Crippen LogP contribution in [0.4, 0.5) is 5.69 Å². The predicted molar refractivity (Wildman–Crippen MR) is 118 cm³/mol. The Kier molecular flexibility index (Phi) is 6.41. The average molecular weight is 344 g/mol.